The van der Waals surface area contributed by atoms with Gasteiger partial charge in [-0.2, -0.15) is 10.1 Å². The Morgan fingerprint density at radius 3 is 2.75 bits per heavy atom. The molecule has 158 valence electrons. The van der Waals surface area contributed by atoms with Crippen LogP contribution in [0.3, 0.4) is 0 Å². The van der Waals surface area contributed by atoms with E-state index in [-0.39, 0.29) is 24.0 Å². The van der Waals surface area contributed by atoms with Crippen molar-refractivity contribution >= 4 is 29.7 Å². The highest BCUT2D eigenvalue weighted by Crippen LogP contribution is 2.33. The zero-order chi connectivity index (χ0) is 22.1. The Kier molecular flexibility index (Phi) is 4.71. The van der Waals surface area contributed by atoms with Gasteiger partial charge in [-0.1, -0.05) is 18.2 Å². The van der Waals surface area contributed by atoms with Crippen molar-refractivity contribution in [2.75, 3.05) is 6.79 Å². The number of nitro groups is 1. The first-order valence-electron chi connectivity index (χ1n) is 9.45. The standard InChI is InChI=1S/C22H14N4O6/c27-22-17(10-14-6-7-18-20(11-14)32-13-31-18)24-21(19-5-2-8-30-19)25(22)23-12-15-3-1-4-16(9-15)26(28)29/h1-12H,13H2/b17-10-,23-12-. The number of benzene rings is 2. The van der Waals surface area contributed by atoms with Crippen LogP contribution in [0.5, 0.6) is 11.5 Å². The van der Waals surface area contributed by atoms with Gasteiger partial charge >= 0.3 is 0 Å². The molecule has 5 rings (SSSR count). The van der Waals surface area contributed by atoms with Crippen LogP contribution in [-0.4, -0.2) is 34.7 Å². The lowest BCUT2D eigenvalue weighted by atomic mass is 10.1. The van der Waals surface area contributed by atoms with Crippen LogP contribution in [0.25, 0.3) is 6.08 Å². The van der Waals surface area contributed by atoms with E-state index in [2.05, 4.69) is 10.1 Å². The van der Waals surface area contributed by atoms with Gasteiger partial charge in [0, 0.05) is 17.7 Å². The van der Waals surface area contributed by atoms with Gasteiger partial charge < -0.3 is 13.9 Å². The number of carbonyl (C=O) groups excluding carboxylic acids is 1. The number of aliphatic imine (C=N–C) groups is 1. The number of nitro benzene ring substituents is 1. The third kappa shape index (κ3) is 3.60. The third-order valence-corrected chi connectivity index (χ3v) is 4.68. The minimum Gasteiger partial charge on any atom is -0.461 e. The van der Waals surface area contributed by atoms with E-state index in [1.807, 2.05) is 0 Å². The molecule has 2 aliphatic heterocycles. The van der Waals surface area contributed by atoms with Crippen molar-refractivity contribution in [3.05, 3.63) is 93.6 Å². The topological polar surface area (TPSA) is 120 Å². The fourth-order valence-corrected chi connectivity index (χ4v) is 3.18. The molecule has 0 radical (unpaired) electrons. The molecule has 0 bridgehead atoms. The molecule has 0 atom stereocenters. The summed E-state index contributed by atoms with van der Waals surface area (Å²) in [5.74, 6) is 1.29. The Balaban J connectivity index is 1.48. The van der Waals surface area contributed by atoms with E-state index in [4.69, 9.17) is 13.9 Å². The van der Waals surface area contributed by atoms with Crippen LogP contribution in [0.15, 0.2) is 81.1 Å². The number of amides is 1. The highest BCUT2D eigenvalue weighted by atomic mass is 16.7. The molecule has 1 amide bonds. The number of carbonyl (C=O) groups is 1. The van der Waals surface area contributed by atoms with Gasteiger partial charge in [0.2, 0.25) is 12.6 Å². The lowest BCUT2D eigenvalue weighted by molar-refractivity contribution is -0.384. The Bertz CT molecular complexity index is 1310. The number of hydrogen-bond donors (Lipinski definition) is 0. The molecule has 0 unspecified atom stereocenters. The molecule has 10 nitrogen and oxygen atoms in total. The van der Waals surface area contributed by atoms with Crippen molar-refractivity contribution in [1.82, 2.24) is 5.01 Å². The molecular weight excluding hydrogens is 416 g/mol. The molecule has 3 heterocycles. The Morgan fingerprint density at radius 2 is 1.94 bits per heavy atom. The largest absolute Gasteiger partial charge is 0.461 e. The fraction of sp³-hybridized carbons (Fsp3) is 0.0455. The van der Waals surface area contributed by atoms with Crippen molar-refractivity contribution in [2.24, 2.45) is 10.1 Å². The second-order valence-corrected chi connectivity index (χ2v) is 6.77. The molecule has 0 fully saturated rings. The average molecular weight is 430 g/mol. The van der Waals surface area contributed by atoms with Crippen LogP contribution in [0, 0.1) is 10.1 Å². The van der Waals surface area contributed by atoms with Gasteiger partial charge in [0.15, 0.2) is 17.3 Å². The van der Waals surface area contributed by atoms with Crippen LogP contribution >= 0.6 is 0 Å². The number of amidine groups is 1. The molecule has 10 heteroatoms. The molecule has 32 heavy (non-hydrogen) atoms. The van der Waals surface area contributed by atoms with E-state index < -0.39 is 10.8 Å². The zero-order valence-electron chi connectivity index (χ0n) is 16.4. The van der Waals surface area contributed by atoms with Gasteiger partial charge in [0.1, 0.15) is 5.70 Å². The molecule has 3 aromatic rings. The van der Waals surface area contributed by atoms with Crippen LogP contribution in [0.1, 0.15) is 16.9 Å². The highest BCUT2D eigenvalue weighted by molar-refractivity contribution is 6.19. The summed E-state index contributed by atoms with van der Waals surface area (Å²) in [5.41, 5.74) is 1.22. The van der Waals surface area contributed by atoms with Gasteiger partial charge in [-0.15, -0.1) is 0 Å². The van der Waals surface area contributed by atoms with Crippen molar-refractivity contribution in [3.8, 4) is 11.5 Å². The number of non-ortho nitro benzene ring substituents is 1. The number of hydrogen-bond acceptors (Lipinski definition) is 8. The molecule has 0 spiro atoms. The number of nitrogens with zero attached hydrogens (tertiary/aromatic N) is 4. The summed E-state index contributed by atoms with van der Waals surface area (Å²) in [7, 11) is 0. The highest BCUT2D eigenvalue weighted by Gasteiger charge is 2.33. The maximum atomic E-state index is 13.1. The molecule has 2 aromatic carbocycles. The van der Waals surface area contributed by atoms with E-state index in [1.165, 1.54) is 30.7 Å². The van der Waals surface area contributed by atoms with Crippen LogP contribution < -0.4 is 9.47 Å². The predicted molar refractivity (Wildman–Crippen MR) is 113 cm³/mol. The van der Waals surface area contributed by atoms with E-state index in [9.17, 15) is 14.9 Å². The molecule has 2 aliphatic rings. The maximum Gasteiger partial charge on any atom is 0.298 e. The quantitative estimate of drug-likeness (QED) is 0.264. The number of fused-ring (bicyclic) bond motifs is 1. The first-order chi connectivity index (χ1) is 15.6. The first-order valence-corrected chi connectivity index (χ1v) is 9.45. The Hall–Kier alpha value is -4.73. The van der Waals surface area contributed by atoms with Crippen LogP contribution in [0.2, 0.25) is 0 Å². The van der Waals surface area contributed by atoms with Gasteiger partial charge in [-0.05, 0) is 35.9 Å². The number of rotatable bonds is 5. The van der Waals surface area contributed by atoms with Gasteiger partial charge in [-0.25, -0.2) is 4.99 Å². The van der Waals surface area contributed by atoms with E-state index in [0.717, 1.165) is 5.01 Å². The second-order valence-electron chi connectivity index (χ2n) is 6.77. The van der Waals surface area contributed by atoms with Gasteiger partial charge in [-0.3, -0.25) is 14.9 Å². The SMILES string of the molecule is O=C1/C(=C/c2ccc3c(c2)OCO3)N=C(c2ccco2)N1/N=C\c1cccc([N+](=O)[O-])c1. The average Bonchev–Trinajstić information content (AvgIpc) is 3.54. The minimum atomic E-state index is -0.500. The van der Waals surface area contributed by atoms with Gasteiger partial charge in [0.05, 0.1) is 17.4 Å². The molecule has 0 saturated heterocycles. The van der Waals surface area contributed by atoms with Crippen molar-refractivity contribution in [3.63, 3.8) is 0 Å². The lowest BCUT2D eigenvalue weighted by Gasteiger charge is -2.09. The minimum absolute atomic E-state index is 0.0787. The molecule has 1 aromatic heterocycles. The van der Waals surface area contributed by atoms with Crippen molar-refractivity contribution in [1.29, 1.82) is 0 Å². The summed E-state index contributed by atoms with van der Waals surface area (Å²) >= 11 is 0. The summed E-state index contributed by atoms with van der Waals surface area (Å²) in [6.07, 6.45) is 4.42. The number of furan rings is 1. The lowest BCUT2D eigenvalue weighted by Crippen LogP contribution is -2.27. The molecular formula is C22H14N4O6. The third-order valence-electron chi connectivity index (χ3n) is 4.68. The van der Waals surface area contributed by atoms with E-state index in [0.29, 0.717) is 28.4 Å². The predicted octanol–water partition coefficient (Wildman–Crippen LogP) is 3.58. The second kappa shape index (κ2) is 7.84. The molecule has 0 saturated carbocycles. The summed E-state index contributed by atoms with van der Waals surface area (Å²) in [5, 5.41) is 16.3. The van der Waals surface area contributed by atoms with E-state index in [1.54, 1.807) is 42.5 Å². The summed E-state index contributed by atoms with van der Waals surface area (Å²) in [4.78, 5) is 28.0. The van der Waals surface area contributed by atoms with Gasteiger partial charge in [0.25, 0.3) is 11.6 Å². The smallest absolute Gasteiger partial charge is 0.298 e. The molecule has 0 aliphatic carbocycles. The Labute approximate surface area is 180 Å². The van der Waals surface area contributed by atoms with E-state index >= 15 is 0 Å². The summed E-state index contributed by atoms with van der Waals surface area (Å²) in [6, 6.07) is 14.5. The van der Waals surface area contributed by atoms with Crippen LogP contribution in [0.4, 0.5) is 5.69 Å². The fourth-order valence-electron chi connectivity index (χ4n) is 3.18. The van der Waals surface area contributed by atoms with Crippen LogP contribution in [-0.2, 0) is 4.79 Å². The summed E-state index contributed by atoms with van der Waals surface area (Å²) < 4.78 is 16.1. The summed E-state index contributed by atoms with van der Waals surface area (Å²) in [6.45, 7) is 0.148. The maximum absolute atomic E-state index is 13.1. The Morgan fingerprint density at radius 1 is 1.06 bits per heavy atom. The number of hydrazone groups is 1. The first kappa shape index (κ1) is 19.2. The zero-order valence-corrected chi connectivity index (χ0v) is 16.4. The molecule has 0 N–H and O–H groups in total. The number of ether oxygens (including phenoxy) is 2. The van der Waals surface area contributed by atoms with Crippen molar-refractivity contribution < 1.29 is 23.6 Å². The normalized spacial score (nSPS) is 16.2. The monoisotopic (exact) mass is 430 g/mol. The van der Waals surface area contributed by atoms with Crippen molar-refractivity contribution in [2.45, 2.75) is 0 Å².